The van der Waals surface area contributed by atoms with Crippen molar-refractivity contribution >= 4 is 45.7 Å². The van der Waals surface area contributed by atoms with Gasteiger partial charge in [-0.2, -0.15) is 9.37 Å². The monoisotopic (exact) mass is 454 g/mol. The van der Waals surface area contributed by atoms with E-state index in [1.807, 2.05) is 15.6 Å². The second-order valence-electron chi connectivity index (χ2n) is 8.61. The zero-order chi connectivity index (χ0) is 21.9. The highest BCUT2D eigenvalue weighted by Gasteiger charge is 2.48. The minimum Gasteiger partial charge on any atom is -0.768 e. The summed E-state index contributed by atoms with van der Waals surface area (Å²) < 4.78 is 39.7. The topological polar surface area (TPSA) is 111 Å². The van der Waals surface area contributed by atoms with E-state index in [4.69, 9.17) is 4.98 Å². The molecule has 0 bridgehead atoms. The molecule has 1 N–H and O–H groups in total. The lowest BCUT2D eigenvalue weighted by atomic mass is 9.81. The van der Waals surface area contributed by atoms with Crippen molar-refractivity contribution < 1.29 is 13.2 Å². The Labute approximate surface area is 186 Å². The highest BCUT2D eigenvalue weighted by atomic mass is 32.2. The molecule has 3 aromatic rings. The van der Waals surface area contributed by atoms with Crippen molar-refractivity contribution in [1.29, 1.82) is 0 Å². The van der Waals surface area contributed by atoms with Crippen LogP contribution < -0.4 is 10.3 Å². The smallest absolute Gasteiger partial charge is 0.234 e. The van der Waals surface area contributed by atoms with Crippen LogP contribution in [0, 0.1) is 0 Å². The number of nitrogens with zero attached hydrogens (tertiary/aromatic N) is 6. The number of pyridine rings is 1. The normalized spacial score (nSPS) is 20.8. The van der Waals surface area contributed by atoms with Gasteiger partial charge in [-0.3, -0.25) is 8.78 Å². The quantitative estimate of drug-likeness (QED) is 0.598. The van der Waals surface area contributed by atoms with Crippen LogP contribution in [0.25, 0.3) is 11.0 Å². The van der Waals surface area contributed by atoms with E-state index in [9.17, 15) is 8.76 Å². The van der Waals surface area contributed by atoms with Gasteiger partial charge in [0.15, 0.2) is 0 Å². The third-order valence-corrected chi connectivity index (χ3v) is 7.13. The van der Waals surface area contributed by atoms with Gasteiger partial charge in [-0.15, -0.1) is 5.10 Å². The first kappa shape index (κ1) is 19.7. The fourth-order valence-corrected chi connectivity index (χ4v) is 5.10. The molecule has 0 aromatic carbocycles. The van der Waals surface area contributed by atoms with Crippen molar-refractivity contribution in [3.05, 3.63) is 30.6 Å². The van der Waals surface area contributed by atoms with E-state index in [1.54, 1.807) is 12.3 Å². The van der Waals surface area contributed by atoms with Gasteiger partial charge in [-0.05, 0) is 55.0 Å². The molecule has 0 radical (unpaired) electrons. The minimum absolute atomic E-state index is 0.0988. The lowest BCUT2D eigenvalue weighted by Crippen LogP contribution is -2.48. The summed E-state index contributed by atoms with van der Waals surface area (Å²) >= 11 is -2.34. The lowest BCUT2D eigenvalue weighted by Gasteiger charge is -2.42. The number of hydrogen-bond acceptors (Lipinski definition) is 8. The predicted molar refractivity (Wildman–Crippen MR) is 117 cm³/mol. The molecule has 32 heavy (non-hydrogen) atoms. The van der Waals surface area contributed by atoms with Gasteiger partial charge in [0.1, 0.15) is 22.8 Å². The van der Waals surface area contributed by atoms with Crippen molar-refractivity contribution in [3.8, 4) is 0 Å². The maximum Gasteiger partial charge on any atom is 0.234 e. The second-order valence-corrected chi connectivity index (χ2v) is 9.55. The van der Waals surface area contributed by atoms with Crippen molar-refractivity contribution in [3.63, 3.8) is 0 Å². The van der Waals surface area contributed by atoms with E-state index in [1.165, 1.54) is 12.3 Å². The van der Waals surface area contributed by atoms with Gasteiger partial charge in [0.25, 0.3) is 0 Å². The number of hydrogen-bond donors (Lipinski definition) is 1. The second kappa shape index (κ2) is 7.31. The van der Waals surface area contributed by atoms with Crippen molar-refractivity contribution in [1.82, 2.24) is 19.5 Å². The molecular formula is C21H21FN7O2S-. The average Bonchev–Trinajstić information content (AvgIpc) is 3.57. The summed E-state index contributed by atoms with van der Waals surface area (Å²) in [7, 11) is 0. The molecule has 0 saturated heterocycles. The Balaban J connectivity index is 1.44. The summed E-state index contributed by atoms with van der Waals surface area (Å²) in [5.41, 5.74) is -0.142. The first-order chi connectivity index (χ1) is 15.5. The minimum atomic E-state index is -2.34. The van der Waals surface area contributed by atoms with Crippen LogP contribution in [0.5, 0.6) is 0 Å². The predicted octanol–water partition coefficient (Wildman–Crippen LogP) is 3.73. The van der Waals surface area contributed by atoms with Crippen molar-refractivity contribution in [2.24, 2.45) is 5.10 Å². The van der Waals surface area contributed by atoms with Gasteiger partial charge in [0.05, 0.1) is 6.04 Å². The van der Waals surface area contributed by atoms with Gasteiger partial charge in [-0.25, -0.2) is 15.0 Å². The van der Waals surface area contributed by atoms with E-state index in [-0.39, 0.29) is 16.9 Å². The molecule has 6 rings (SSSR count). The number of rotatable bonds is 4. The van der Waals surface area contributed by atoms with E-state index >= 15 is 4.39 Å². The molecule has 3 aromatic heterocycles. The molecule has 2 saturated carbocycles. The molecule has 1 spiro atoms. The maximum absolute atomic E-state index is 15.6. The molecule has 3 aliphatic rings. The van der Waals surface area contributed by atoms with Gasteiger partial charge in [-0.1, -0.05) is 19.3 Å². The van der Waals surface area contributed by atoms with Crippen LogP contribution in [0.4, 0.5) is 22.0 Å². The number of fused-ring (bicyclic) bond motifs is 4. The Morgan fingerprint density at radius 1 is 1.16 bits per heavy atom. The molecule has 166 valence electrons. The molecule has 2 aliphatic carbocycles. The summed E-state index contributed by atoms with van der Waals surface area (Å²) in [6.07, 6.45) is 9.35. The lowest BCUT2D eigenvalue weighted by molar-refractivity contribution is 0.262. The Bertz CT molecular complexity index is 1250. The zero-order valence-electron chi connectivity index (χ0n) is 17.2. The van der Waals surface area contributed by atoms with Crippen LogP contribution in [0.2, 0.25) is 0 Å². The number of nitrogens with one attached hydrogen (secondary N) is 1. The van der Waals surface area contributed by atoms with E-state index < -0.39 is 16.6 Å². The third kappa shape index (κ3) is 3.10. The van der Waals surface area contributed by atoms with Gasteiger partial charge >= 0.3 is 0 Å². The van der Waals surface area contributed by atoms with Crippen LogP contribution in [-0.2, 0) is 16.6 Å². The molecule has 4 heterocycles. The van der Waals surface area contributed by atoms with E-state index in [2.05, 4.69) is 20.4 Å². The largest absolute Gasteiger partial charge is 0.768 e. The van der Waals surface area contributed by atoms with Crippen molar-refractivity contribution in [2.45, 2.75) is 61.4 Å². The molecule has 2 fully saturated rings. The fraction of sp³-hybridized carbons (Fsp3) is 0.429. The fourth-order valence-electron chi connectivity index (χ4n) is 4.78. The van der Waals surface area contributed by atoms with E-state index in [0.717, 1.165) is 43.3 Å². The molecule has 11 heteroatoms. The first-order valence-corrected chi connectivity index (χ1v) is 11.9. The standard InChI is InChI=1S/C21H22FN7O2S/c22-19-21(8-2-1-3-9-21)28-17(29(27-19)14-4-5-14)10-13-11-24-20(26-18(13)28)25-16-7-6-15(12-23-16)32(30)31/h6-7,10-12,14H,1-5,8-9H2,(H,30,31)(H,23,24,25,26)/p-1. The van der Waals surface area contributed by atoms with Crippen molar-refractivity contribution in [2.75, 3.05) is 10.3 Å². The summed E-state index contributed by atoms with van der Waals surface area (Å²) in [6, 6.07) is 5.23. The summed E-state index contributed by atoms with van der Waals surface area (Å²) in [5.74, 6) is 1.28. The molecule has 1 atom stereocenters. The Hall–Kier alpha value is -2.92. The molecule has 1 aliphatic heterocycles. The number of hydrazone groups is 1. The highest BCUT2D eigenvalue weighted by molar-refractivity contribution is 7.79. The number of anilines is 3. The summed E-state index contributed by atoms with van der Waals surface area (Å²) in [6.45, 7) is 0. The molecular weight excluding hydrogens is 433 g/mol. The number of aromatic nitrogens is 4. The summed E-state index contributed by atoms with van der Waals surface area (Å²) in [4.78, 5) is 13.3. The van der Waals surface area contributed by atoms with Crippen LogP contribution >= 0.6 is 0 Å². The van der Waals surface area contributed by atoms with Crippen LogP contribution in [0.3, 0.4) is 0 Å². The van der Waals surface area contributed by atoms with Gasteiger partial charge in [0, 0.05) is 22.7 Å². The first-order valence-electron chi connectivity index (χ1n) is 10.8. The zero-order valence-corrected chi connectivity index (χ0v) is 18.0. The average molecular weight is 455 g/mol. The van der Waals surface area contributed by atoms with Gasteiger partial charge in [0.2, 0.25) is 11.9 Å². The Morgan fingerprint density at radius 3 is 2.66 bits per heavy atom. The maximum atomic E-state index is 15.6. The van der Waals surface area contributed by atoms with Crippen LogP contribution in [0.15, 0.2) is 40.6 Å². The highest BCUT2D eigenvalue weighted by Crippen LogP contribution is 2.47. The van der Waals surface area contributed by atoms with Crippen LogP contribution in [-0.4, -0.2) is 40.3 Å². The van der Waals surface area contributed by atoms with Gasteiger partial charge < -0.3 is 9.87 Å². The molecule has 0 amide bonds. The Morgan fingerprint density at radius 2 is 1.97 bits per heavy atom. The van der Waals surface area contributed by atoms with E-state index in [0.29, 0.717) is 30.3 Å². The third-order valence-electron chi connectivity index (χ3n) is 6.51. The Kier molecular flexibility index (Phi) is 4.51. The summed E-state index contributed by atoms with van der Waals surface area (Å²) in [5, 5.41) is 10.1. The molecule has 9 nitrogen and oxygen atoms in total. The molecule has 1 unspecified atom stereocenters. The number of halogens is 1. The SMILES string of the molecule is O=S([O-])c1ccc(Nc2ncc3cc4n(c3n2)C2(CCCCC2)C(F)=NN4C2CC2)nc1. The van der Waals surface area contributed by atoms with Crippen LogP contribution in [0.1, 0.15) is 44.9 Å².